The van der Waals surface area contributed by atoms with Gasteiger partial charge in [0.05, 0.1) is 7.11 Å². The van der Waals surface area contributed by atoms with Crippen molar-refractivity contribution in [3.8, 4) is 5.75 Å². The molecule has 0 bridgehead atoms. The minimum absolute atomic E-state index is 0.0317. The summed E-state index contributed by atoms with van der Waals surface area (Å²) in [5.74, 6) is 0.790. The molecule has 0 saturated carbocycles. The van der Waals surface area contributed by atoms with E-state index in [4.69, 9.17) is 9.47 Å². The van der Waals surface area contributed by atoms with E-state index in [0.29, 0.717) is 5.56 Å². The van der Waals surface area contributed by atoms with E-state index in [-0.39, 0.29) is 12.1 Å². The summed E-state index contributed by atoms with van der Waals surface area (Å²) in [4.78, 5) is 14.2. The minimum atomic E-state index is -0.0895. The van der Waals surface area contributed by atoms with Gasteiger partial charge in [-0.15, -0.1) is 0 Å². The van der Waals surface area contributed by atoms with Crippen molar-refractivity contribution >= 4 is 5.91 Å². The molecule has 1 fully saturated rings. The van der Waals surface area contributed by atoms with Crippen molar-refractivity contribution < 1.29 is 14.3 Å². The lowest BCUT2D eigenvalue weighted by atomic mass is 10.1. The van der Waals surface area contributed by atoms with Crippen molar-refractivity contribution in [3.63, 3.8) is 0 Å². The fourth-order valence-corrected chi connectivity index (χ4v) is 2.28. The van der Waals surface area contributed by atoms with Crippen LogP contribution in [0.3, 0.4) is 0 Å². The molecular weight excluding hydrogens is 230 g/mol. The number of carbonyl (C=O) groups excluding carboxylic acids is 1. The molecule has 4 heteroatoms. The zero-order valence-corrected chi connectivity index (χ0v) is 10.9. The van der Waals surface area contributed by atoms with E-state index in [2.05, 4.69) is 0 Å². The van der Waals surface area contributed by atoms with Gasteiger partial charge < -0.3 is 14.4 Å². The van der Waals surface area contributed by atoms with Crippen LogP contribution in [0.4, 0.5) is 0 Å². The summed E-state index contributed by atoms with van der Waals surface area (Å²) in [7, 11) is 3.27. The molecule has 1 saturated heterocycles. The van der Waals surface area contributed by atoms with Crippen LogP contribution in [0.2, 0.25) is 0 Å². The van der Waals surface area contributed by atoms with E-state index < -0.39 is 0 Å². The second-order valence-electron chi connectivity index (χ2n) is 4.41. The monoisotopic (exact) mass is 249 g/mol. The van der Waals surface area contributed by atoms with Gasteiger partial charge in [0.1, 0.15) is 12.0 Å². The van der Waals surface area contributed by atoms with Gasteiger partial charge in [-0.05, 0) is 43.5 Å². The van der Waals surface area contributed by atoms with Gasteiger partial charge in [0.2, 0.25) is 0 Å². The SMILES string of the molecule is COc1ccc(C(=O)N2CCCCC2OC)cc1. The maximum absolute atomic E-state index is 12.4. The highest BCUT2D eigenvalue weighted by atomic mass is 16.5. The fourth-order valence-electron chi connectivity index (χ4n) is 2.28. The number of rotatable bonds is 3. The van der Waals surface area contributed by atoms with Gasteiger partial charge in [-0.2, -0.15) is 0 Å². The Morgan fingerprint density at radius 3 is 2.56 bits per heavy atom. The normalized spacial score (nSPS) is 19.7. The highest BCUT2D eigenvalue weighted by Crippen LogP contribution is 2.21. The number of likely N-dealkylation sites (tertiary alicyclic amines) is 1. The van der Waals surface area contributed by atoms with Gasteiger partial charge in [-0.3, -0.25) is 4.79 Å². The number of benzene rings is 1. The van der Waals surface area contributed by atoms with Gasteiger partial charge in [-0.25, -0.2) is 0 Å². The molecule has 0 aliphatic carbocycles. The second kappa shape index (κ2) is 5.87. The Morgan fingerprint density at radius 1 is 1.22 bits per heavy atom. The Morgan fingerprint density at radius 2 is 1.94 bits per heavy atom. The molecule has 0 N–H and O–H groups in total. The first-order valence-electron chi connectivity index (χ1n) is 6.24. The summed E-state index contributed by atoms with van der Waals surface area (Å²) in [5.41, 5.74) is 0.680. The predicted octanol–water partition coefficient (Wildman–Crippen LogP) is 2.29. The number of carbonyl (C=O) groups is 1. The highest BCUT2D eigenvalue weighted by Gasteiger charge is 2.27. The van der Waals surface area contributed by atoms with Crippen LogP contribution in [-0.2, 0) is 4.74 Å². The Balaban J connectivity index is 2.13. The number of ether oxygens (including phenoxy) is 2. The molecule has 18 heavy (non-hydrogen) atoms. The molecule has 1 aliphatic heterocycles. The second-order valence-corrected chi connectivity index (χ2v) is 4.41. The van der Waals surface area contributed by atoms with Crippen molar-refractivity contribution in [3.05, 3.63) is 29.8 Å². The number of methoxy groups -OCH3 is 2. The van der Waals surface area contributed by atoms with Crippen LogP contribution in [0.5, 0.6) is 5.75 Å². The maximum atomic E-state index is 12.4. The lowest BCUT2D eigenvalue weighted by molar-refractivity contribution is -0.0397. The van der Waals surface area contributed by atoms with E-state index in [1.165, 1.54) is 0 Å². The summed E-state index contributed by atoms with van der Waals surface area (Å²) < 4.78 is 10.5. The summed E-state index contributed by atoms with van der Waals surface area (Å²) in [6, 6.07) is 7.20. The van der Waals surface area contributed by atoms with Crippen molar-refractivity contribution in [2.75, 3.05) is 20.8 Å². The third-order valence-electron chi connectivity index (χ3n) is 3.32. The molecule has 0 radical (unpaired) electrons. The quantitative estimate of drug-likeness (QED) is 0.825. The smallest absolute Gasteiger partial charge is 0.255 e. The van der Waals surface area contributed by atoms with Crippen molar-refractivity contribution in [1.82, 2.24) is 4.90 Å². The molecule has 0 aromatic heterocycles. The number of hydrogen-bond donors (Lipinski definition) is 0. The third kappa shape index (κ3) is 2.64. The Kier molecular flexibility index (Phi) is 4.20. The van der Waals surface area contributed by atoms with Crippen LogP contribution in [0.15, 0.2) is 24.3 Å². The Labute approximate surface area is 107 Å². The number of piperidine rings is 1. The topological polar surface area (TPSA) is 38.8 Å². The molecule has 1 unspecified atom stereocenters. The van der Waals surface area contributed by atoms with Crippen LogP contribution in [0.1, 0.15) is 29.6 Å². The minimum Gasteiger partial charge on any atom is -0.497 e. The number of hydrogen-bond acceptors (Lipinski definition) is 3. The van der Waals surface area contributed by atoms with Crippen LogP contribution in [0.25, 0.3) is 0 Å². The van der Waals surface area contributed by atoms with Gasteiger partial charge in [0.25, 0.3) is 5.91 Å². The van der Waals surface area contributed by atoms with Crippen LogP contribution in [0, 0.1) is 0 Å². The Bertz CT molecular complexity index is 402. The molecule has 2 rings (SSSR count). The average Bonchev–Trinajstić information content (AvgIpc) is 2.46. The molecule has 1 aromatic carbocycles. The maximum Gasteiger partial charge on any atom is 0.255 e. The fraction of sp³-hybridized carbons (Fsp3) is 0.500. The molecule has 0 spiro atoms. The third-order valence-corrected chi connectivity index (χ3v) is 3.32. The molecule has 1 heterocycles. The van der Waals surface area contributed by atoms with Crippen LogP contribution in [-0.4, -0.2) is 37.8 Å². The molecule has 1 atom stereocenters. The van der Waals surface area contributed by atoms with Gasteiger partial charge in [0.15, 0.2) is 0 Å². The highest BCUT2D eigenvalue weighted by molar-refractivity contribution is 5.94. The van der Waals surface area contributed by atoms with Gasteiger partial charge in [0, 0.05) is 19.2 Å². The summed E-state index contributed by atoms with van der Waals surface area (Å²) in [6.07, 6.45) is 2.98. The van der Waals surface area contributed by atoms with Crippen molar-refractivity contribution in [2.24, 2.45) is 0 Å². The average molecular weight is 249 g/mol. The molecular formula is C14H19NO3. The largest absolute Gasteiger partial charge is 0.497 e. The first-order valence-corrected chi connectivity index (χ1v) is 6.24. The lowest BCUT2D eigenvalue weighted by Crippen LogP contribution is -2.44. The van der Waals surface area contributed by atoms with E-state index in [1.807, 2.05) is 4.90 Å². The molecule has 98 valence electrons. The molecule has 1 amide bonds. The number of nitrogens with zero attached hydrogens (tertiary/aromatic N) is 1. The molecule has 1 aliphatic rings. The number of amides is 1. The summed E-state index contributed by atoms with van der Waals surface area (Å²) in [6.45, 7) is 0.767. The van der Waals surface area contributed by atoms with Crippen LogP contribution < -0.4 is 4.74 Å². The van der Waals surface area contributed by atoms with E-state index >= 15 is 0 Å². The van der Waals surface area contributed by atoms with E-state index in [1.54, 1.807) is 38.5 Å². The zero-order chi connectivity index (χ0) is 13.0. The van der Waals surface area contributed by atoms with Gasteiger partial charge in [-0.1, -0.05) is 0 Å². The summed E-state index contributed by atoms with van der Waals surface area (Å²) in [5, 5.41) is 0. The van der Waals surface area contributed by atoms with Crippen LogP contribution >= 0.6 is 0 Å². The standard InChI is InChI=1S/C14H19NO3/c1-17-12-8-6-11(7-9-12)14(16)15-10-4-3-5-13(15)18-2/h6-9,13H,3-5,10H2,1-2H3. The zero-order valence-electron chi connectivity index (χ0n) is 10.9. The molecule has 4 nitrogen and oxygen atoms in total. The van der Waals surface area contributed by atoms with E-state index in [9.17, 15) is 4.79 Å². The predicted molar refractivity (Wildman–Crippen MR) is 68.7 cm³/mol. The first-order chi connectivity index (χ1) is 8.76. The molecule has 1 aromatic rings. The van der Waals surface area contributed by atoms with Crippen molar-refractivity contribution in [2.45, 2.75) is 25.5 Å². The lowest BCUT2D eigenvalue weighted by Gasteiger charge is -2.34. The Hall–Kier alpha value is -1.55. The first kappa shape index (κ1) is 12.9. The summed E-state index contributed by atoms with van der Waals surface area (Å²) >= 11 is 0. The van der Waals surface area contributed by atoms with Crippen molar-refractivity contribution in [1.29, 1.82) is 0 Å². The van der Waals surface area contributed by atoms with Gasteiger partial charge >= 0.3 is 0 Å². The van der Waals surface area contributed by atoms with E-state index in [0.717, 1.165) is 31.6 Å².